The number of aromatic hydroxyl groups is 1. The number of phenols is 1. The minimum Gasteiger partial charge on any atom is -0.508 e. The van der Waals surface area contributed by atoms with Gasteiger partial charge >= 0.3 is 0 Å². The van der Waals surface area contributed by atoms with E-state index in [2.05, 4.69) is 0 Å². The molecule has 0 aromatic heterocycles. The number of aliphatic hydroxyl groups is 1. The van der Waals surface area contributed by atoms with Gasteiger partial charge in [0.25, 0.3) is 0 Å². The number of rotatable bonds is 2. The molecule has 0 saturated carbocycles. The molecule has 1 unspecified atom stereocenters. The van der Waals surface area contributed by atoms with E-state index in [1.165, 1.54) is 12.1 Å². The van der Waals surface area contributed by atoms with E-state index in [0.717, 1.165) is 0 Å². The Morgan fingerprint density at radius 2 is 1.85 bits per heavy atom. The van der Waals surface area contributed by atoms with Crippen molar-refractivity contribution in [2.24, 2.45) is 0 Å². The van der Waals surface area contributed by atoms with Crippen molar-refractivity contribution in [2.75, 3.05) is 0 Å². The van der Waals surface area contributed by atoms with Crippen LogP contribution in [0.4, 0.5) is 0 Å². The van der Waals surface area contributed by atoms with Crippen LogP contribution in [0, 0.1) is 0 Å². The Bertz CT molecular complexity index is 313. The molecule has 0 spiro atoms. The van der Waals surface area contributed by atoms with Crippen LogP contribution < -0.4 is 0 Å². The van der Waals surface area contributed by atoms with Crippen molar-refractivity contribution in [3.05, 3.63) is 27.7 Å². The fourth-order valence-corrected chi connectivity index (χ4v) is 1.37. The number of benzene rings is 1. The lowest BCUT2D eigenvalue weighted by atomic mass is 10.1. The van der Waals surface area contributed by atoms with Crippen LogP contribution in [-0.2, 0) is 0 Å². The number of hydrogen-bond acceptors (Lipinski definition) is 2. The molecule has 13 heavy (non-hydrogen) atoms. The Kier molecular flexibility index (Phi) is 3.42. The summed E-state index contributed by atoms with van der Waals surface area (Å²) in [5.41, 5.74) is 0.414. The predicted octanol–water partition coefficient (Wildman–Crippen LogP) is 3.14. The van der Waals surface area contributed by atoms with Gasteiger partial charge in [-0.15, -0.1) is 0 Å². The molecule has 0 bridgehead atoms. The maximum atomic E-state index is 9.46. The highest BCUT2D eigenvalue weighted by molar-refractivity contribution is 6.42. The molecule has 0 fully saturated rings. The van der Waals surface area contributed by atoms with Crippen LogP contribution in [0.5, 0.6) is 5.75 Å². The number of aliphatic hydroxyl groups excluding tert-OH is 1. The van der Waals surface area contributed by atoms with E-state index >= 15 is 0 Å². The normalized spacial score (nSPS) is 12.9. The van der Waals surface area contributed by atoms with Crippen molar-refractivity contribution in [3.8, 4) is 5.75 Å². The zero-order chi connectivity index (χ0) is 10.0. The lowest BCUT2D eigenvalue weighted by molar-refractivity contribution is 0.170. The molecule has 0 radical (unpaired) electrons. The molecule has 0 saturated heterocycles. The summed E-state index contributed by atoms with van der Waals surface area (Å²) in [7, 11) is 0. The van der Waals surface area contributed by atoms with Gasteiger partial charge in [0.15, 0.2) is 0 Å². The van der Waals surface area contributed by atoms with Crippen molar-refractivity contribution >= 4 is 23.2 Å². The third-order valence-corrected chi connectivity index (χ3v) is 2.54. The molecule has 72 valence electrons. The zero-order valence-electron chi connectivity index (χ0n) is 7.09. The highest BCUT2D eigenvalue weighted by Crippen LogP contribution is 2.34. The van der Waals surface area contributed by atoms with Gasteiger partial charge < -0.3 is 10.2 Å². The molecular weight excluding hydrogens is 211 g/mol. The predicted molar refractivity (Wildman–Crippen MR) is 53.4 cm³/mol. The standard InChI is InChI=1S/C9H10Cl2O2/c1-2-8(12)5-3-6(10)7(11)4-9(5)13/h3-4,8,12-13H,2H2,1H3. The quantitative estimate of drug-likeness (QED) is 0.805. The third-order valence-electron chi connectivity index (χ3n) is 1.82. The van der Waals surface area contributed by atoms with Gasteiger partial charge in [-0.2, -0.15) is 0 Å². The highest BCUT2D eigenvalue weighted by atomic mass is 35.5. The molecule has 0 aliphatic rings. The first-order valence-electron chi connectivity index (χ1n) is 3.92. The van der Waals surface area contributed by atoms with Crippen LogP contribution in [0.3, 0.4) is 0 Å². The molecular formula is C9H10Cl2O2. The molecule has 2 nitrogen and oxygen atoms in total. The number of phenolic OH excluding ortho intramolecular Hbond substituents is 1. The monoisotopic (exact) mass is 220 g/mol. The lowest BCUT2D eigenvalue weighted by Crippen LogP contribution is -1.95. The smallest absolute Gasteiger partial charge is 0.122 e. The molecule has 0 aliphatic carbocycles. The van der Waals surface area contributed by atoms with E-state index in [9.17, 15) is 10.2 Å². The van der Waals surface area contributed by atoms with Crippen molar-refractivity contribution in [1.82, 2.24) is 0 Å². The van der Waals surface area contributed by atoms with Gasteiger partial charge in [0, 0.05) is 11.6 Å². The Labute approximate surface area is 86.7 Å². The van der Waals surface area contributed by atoms with Gasteiger partial charge in [0.2, 0.25) is 0 Å². The molecule has 0 heterocycles. The van der Waals surface area contributed by atoms with E-state index in [1.807, 2.05) is 6.92 Å². The SMILES string of the molecule is CCC(O)c1cc(Cl)c(Cl)cc1O. The highest BCUT2D eigenvalue weighted by Gasteiger charge is 2.12. The Morgan fingerprint density at radius 3 is 2.38 bits per heavy atom. The minimum absolute atomic E-state index is 0.0243. The number of halogens is 2. The molecule has 1 atom stereocenters. The van der Waals surface area contributed by atoms with Gasteiger partial charge in [-0.1, -0.05) is 30.1 Å². The molecule has 4 heteroatoms. The Balaban J connectivity index is 3.15. The minimum atomic E-state index is -0.699. The second-order valence-corrected chi connectivity index (χ2v) is 3.56. The first-order valence-corrected chi connectivity index (χ1v) is 4.67. The van der Waals surface area contributed by atoms with Crippen LogP contribution in [-0.4, -0.2) is 10.2 Å². The average Bonchev–Trinajstić information content (AvgIpc) is 2.10. The van der Waals surface area contributed by atoms with Crippen molar-refractivity contribution in [1.29, 1.82) is 0 Å². The maximum Gasteiger partial charge on any atom is 0.122 e. The summed E-state index contributed by atoms with van der Waals surface area (Å²) in [6, 6.07) is 2.81. The largest absolute Gasteiger partial charge is 0.508 e. The second-order valence-electron chi connectivity index (χ2n) is 2.75. The molecule has 1 aromatic carbocycles. The summed E-state index contributed by atoms with van der Waals surface area (Å²) < 4.78 is 0. The first-order chi connectivity index (χ1) is 6.06. The van der Waals surface area contributed by atoms with E-state index in [4.69, 9.17) is 23.2 Å². The fourth-order valence-electron chi connectivity index (χ4n) is 1.04. The van der Waals surface area contributed by atoms with E-state index < -0.39 is 6.10 Å². The van der Waals surface area contributed by atoms with E-state index in [0.29, 0.717) is 17.0 Å². The molecule has 1 aromatic rings. The van der Waals surface area contributed by atoms with Crippen molar-refractivity contribution in [2.45, 2.75) is 19.4 Å². The Morgan fingerprint density at radius 1 is 1.31 bits per heavy atom. The van der Waals surface area contributed by atoms with Gasteiger partial charge in [0.1, 0.15) is 5.75 Å². The van der Waals surface area contributed by atoms with Gasteiger partial charge in [-0.3, -0.25) is 0 Å². The maximum absolute atomic E-state index is 9.46. The van der Waals surface area contributed by atoms with Gasteiger partial charge in [0.05, 0.1) is 16.1 Å². The van der Waals surface area contributed by atoms with Crippen LogP contribution in [0.25, 0.3) is 0 Å². The van der Waals surface area contributed by atoms with Crippen LogP contribution in [0.2, 0.25) is 10.0 Å². The van der Waals surface area contributed by atoms with E-state index in [-0.39, 0.29) is 10.8 Å². The van der Waals surface area contributed by atoms with Crippen LogP contribution in [0.15, 0.2) is 12.1 Å². The fraction of sp³-hybridized carbons (Fsp3) is 0.333. The van der Waals surface area contributed by atoms with Crippen molar-refractivity contribution in [3.63, 3.8) is 0 Å². The summed E-state index contributed by atoms with van der Waals surface area (Å²) in [5.74, 6) is -0.0243. The lowest BCUT2D eigenvalue weighted by Gasteiger charge is -2.11. The second kappa shape index (κ2) is 4.18. The van der Waals surface area contributed by atoms with Gasteiger partial charge in [-0.25, -0.2) is 0 Å². The zero-order valence-corrected chi connectivity index (χ0v) is 8.60. The molecule has 0 amide bonds. The summed E-state index contributed by atoms with van der Waals surface area (Å²) >= 11 is 11.4. The topological polar surface area (TPSA) is 40.5 Å². The first kappa shape index (κ1) is 10.6. The number of hydrogen-bond donors (Lipinski definition) is 2. The van der Waals surface area contributed by atoms with Crippen molar-refractivity contribution < 1.29 is 10.2 Å². The van der Waals surface area contributed by atoms with Crippen LogP contribution >= 0.6 is 23.2 Å². The van der Waals surface area contributed by atoms with E-state index in [1.54, 1.807) is 0 Å². The molecule has 0 aliphatic heterocycles. The molecule has 2 N–H and O–H groups in total. The summed E-state index contributed by atoms with van der Waals surface area (Å²) in [6.07, 6.45) is -0.180. The summed E-state index contributed by atoms with van der Waals surface area (Å²) in [4.78, 5) is 0. The summed E-state index contributed by atoms with van der Waals surface area (Å²) in [6.45, 7) is 1.81. The average molecular weight is 221 g/mol. The molecule has 1 rings (SSSR count). The summed E-state index contributed by atoms with van der Waals surface area (Å²) in [5, 5.41) is 19.5. The third kappa shape index (κ3) is 2.27. The Hall–Kier alpha value is -0.440. The van der Waals surface area contributed by atoms with Crippen LogP contribution in [0.1, 0.15) is 25.0 Å². The van der Waals surface area contributed by atoms with Gasteiger partial charge in [-0.05, 0) is 12.5 Å².